The van der Waals surface area contributed by atoms with E-state index in [0.717, 1.165) is 51.0 Å². The van der Waals surface area contributed by atoms with Gasteiger partial charge in [-0.1, -0.05) is 24.3 Å². The van der Waals surface area contributed by atoms with Crippen LogP contribution in [0.2, 0.25) is 0 Å². The molecule has 37 heavy (non-hydrogen) atoms. The molecule has 0 aliphatic carbocycles. The molecule has 2 saturated heterocycles. The molecular formula is C25H33F3N6O3. The van der Waals surface area contributed by atoms with Crippen LogP contribution < -0.4 is 5.32 Å². The van der Waals surface area contributed by atoms with Crippen LogP contribution in [-0.4, -0.2) is 82.0 Å². The lowest BCUT2D eigenvalue weighted by atomic mass is 10.0. The quantitative estimate of drug-likeness (QED) is 0.533. The maximum atomic E-state index is 13.4. The van der Waals surface area contributed by atoms with Gasteiger partial charge in [-0.2, -0.15) is 13.2 Å². The highest BCUT2D eigenvalue weighted by Crippen LogP contribution is 2.33. The summed E-state index contributed by atoms with van der Waals surface area (Å²) in [5.41, 5.74) is -0.260. The van der Waals surface area contributed by atoms with Gasteiger partial charge in [0.15, 0.2) is 5.69 Å². The zero-order chi connectivity index (χ0) is 26.6. The number of benzene rings is 1. The second kappa shape index (κ2) is 11.6. The van der Waals surface area contributed by atoms with Gasteiger partial charge in [0.2, 0.25) is 5.91 Å². The van der Waals surface area contributed by atoms with Crippen molar-refractivity contribution < 1.29 is 27.5 Å². The number of alkyl halides is 3. The molecule has 202 valence electrons. The molecule has 0 bridgehead atoms. The van der Waals surface area contributed by atoms with Crippen molar-refractivity contribution in [2.75, 3.05) is 33.3 Å². The van der Waals surface area contributed by atoms with Crippen LogP contribution >= 0.6 is 0 Å². The standard InChI is InChI=1S/C25H33F3N6O3/c1-3-9-32-10-7-19(8-11-32)33-15-20(34-16-21(30-31-34)24(36)37-2)13-22(33)23(35)29-14-17-5-4-6-18(12-17)25(26,27)28/h4-6,12,16,19-20,22H,3,7-11,13-15H2,1-2H3,(H,29,35)/t20-,22-/m0/s1. The molecule has 1 aromatic carbocycles. The van der Waals surface area contributed by atoms with Crippen LogP contribution in [0.15, 0.2) is 30.5 Å². The van der Waals surface area contributed by atoms with Crippen LogP contribution in [0.4, 0.5) is 13.2 Å². The van der Waals surface area contributed by atoms with Crippen molar-refractivity contribution in [3.8, 4) is 0 Å². The van der Waals surface area contributed by atoms with Crippen molar-refractivity contribution >= 4 is 11.9 Å². The number of hydrogen-bond donors (Lipinski definition) is 1. The predicted octanol–water partition coefficient (Wildman–Crippen LogP) is 2.89. The highest BCUT2D eigenvalue weighted by Gasteiger charge is 2.42. The Hall–Kier alpha value is -2.99. The van der Waals surface area contributed by atoms with Gasteiger partial charge in [0.05, 0.1) is 31.0 Å². The molecule has 0 radical (unpaired) electrons. The van der Waals surface area contributed by atoms with Crippen molar-refractivity contribution in [1.29, 1.82) is 0 Å². The Bertz CT molecular complexity index is 1080. The second-order valence-electron chi connectivity index (χ2n) is 9.67. The first-order valence-corrected chi connectivity index (χ1v) is 12.6. The Morgan fingerprint density at radius 1 is 1.19 bits per heavy atom. The minimum atomic E-state index is -4.44. The van der Waals surface area contributed by atoms with Crippen LogP contribution in [0.25, 0.3) is 0 Å². The first-order valence-electron chi connectivity index (χ1n) is 12.6. The molecule has 4 rings (SSSR count). The third kappa shape index (κ3) is 6.48. The number of rotatable bonds is 8. The monoisotopic (exact) mass is 522 g/mol. The molecule has 2 fully saturated rings. The third-order valence-corrected chi connectivity index (χ3v) is 7.19. The Labute approximate surface area is 213 Å². The Kier molecular flexibility index (Phi) is 8.48. The first kappa shape index (κ1) is 27.1. The number of amides is 1. The second-order valence-corrected chi connectivity index (χ2v) is 9.67. The minimum absolute atomic E-state index is 0.00250. The number of aromatic nitrogens is 3. The number of piperidine rings is 1. The number of halogens is 3. The van der Waals surface area contributed by atoms with Gasteiger partial charge in [0.25, 0.3) is 0 Å². The fourth-order valence-electron chi connectivity index (χ4n) is 5.30. The molecule has 9 nitrogen and oxygen atoms in total. The fourth-order valence-corrected chi connectivity index (χ4v) is 5.30. The molecule has 1 amide bonds. The minimum Gasteiger partial charge on any atom is -0.464 e. The van der Waals surface area contributed by atoms with Crippen LogP contribution in [-0.2, 0) is 22.3 Å². The number of nitrogens with one attached hydrogen (secondary N) is 1. The maximum Gasteiger partial charge on any atom is 0.416 e. The van der Waals surface area contributed by atoms with Gasteiger partial charge in [0.1, 0.15) is 0 Å². The van der Waals surface area contributed by atoms with Gasteiger partial charge in [0, 0.05) is 19.1 Å². The number of nitrogens with zero attached hydrogens (tertiary/aromatic N) is 5. The van der Waals surface area contributed by atoms with Gasteiger partial charge < -0.3 is 15.0 Å². The summed E-state index contributed by atoms with van der Waals surface area (Å²) in [6, 6.07) is 4.54. The smallest absolute Gasteiger partial charge is 0.416 e. The zero-order valence-electron chi connectivity index (χ0n) is 21.1. The molecule has 2 aliphatic heterocycles. The van der Waals surface area contributed by atoms with Gasteiger partial charge in [-0.05, 0) is 63.0 Å². The molecule has 1 aromatic heterocycles. The van der Waals surface area contributed by atoms with E-state index in [1.54, 1.807) is 10.7 Å². The number of likely N-dealkylation sites (tertiary alicyclic amines) is 2. The van der Waals surface area contributed by atoms with Crippen molar-refractivity contribution in [3.05, 3.63) is 47.3 Å². The molecule has 12 heteroatoms. The fraction of sp³-hybridized carbons (Fsp3) is 0.600. The normalized spacial score (nSPS) is 21.8. The summed E-state index contributed by atoms with van der Waals surface area (Å²) in [5.74, 6) is -0.816. The van der Waals surface area contributed by atoms with E-state index in [4.69, 9.17) is 4.74 Å². The summed E-state index contributed by atoms with van der Waals surface area (Å²) in [7, 11) is 1.27. The van der Waals surface area contributed by atoms with E-state index < -0.39 is 23.8 Å². The maximum absolute atomic E-state index is 13.4. The SMILES string of the molecule is CCCN1CCC(N2C[C@@H](n3cc(C(=O)OC)nn3)C[C@H]2C(=O)NCc2cccc(C(F)(F)F)c2)CC1. The Morgan fingerprint density at radius 3 is 2.62 bits per heavy atom. The largest absolute Gasteiger partial charge is 0.464 e. The van der Waals surface area contributed by atoms with Crippen molar-refractivity contribution in [2.45, 2.75) is 63.5 Å². The molecule has 2 aliphatic rings. The summed E-state index contributed by atoms with van der Waals surface area (Å²) >= 11 is 0. The lowest BCUT2D eigenvalue weighted by Gasteiger charge is -2.38. The van der Waals surface area contributed by atoms with E-state index in [2.05, 4.69) is 32.4 Å². The van der Waals surface area contributed by atoms with E-state index in [1.807, 2.05) is 0 Å². The molecule has 0 saturated carbocycles. The molecule has 0 unspecified atom stereocenters. The average molecular weight is 523 g/mol. The van der Waals surface area contributed by atoms with Gasteiger partial charge in [-0.25, -0.2) is 9.48 Å². The number of ether oxygens (including phenoxy) is 1. The zero-order valence-corrected chi connectivity index (χ0v) is 21.1. The molecule has 2 aromatic rings. The number of methoxy groups -OCH3 is 1. The lowest BCUT2D eigenvalue weighted by molar-refractivity contribution is -0.137. The molecule has 1 N–H and O–H groups in total. The third-order valence-electron chi connectivity index (χ3n) is 7.19. The topological polar surface area (TPSA) is 92.6 Å². The van der Waals surface area contributed by atoms with E-state index in [1.165, 1.54) is 19.4 Å². The first-order chi connectivity index (χ1) is 17.7. The van der Waals surface area contributed by atoms with E-state index in [9.17, 15) is 22.8 Å². The van der Waals surface area contributed by atoms with Gasteiger partial charge in [-0.15, -0.1) is 5.10 Å². The number of carbonyl (C=O) groups excluding carboxylic acids is 2. The van der Waals surface area contributed by atoms with Crippen LogP contribution in [0.1, 0.15) is 60.3 Å². The molecular weight excluding hydrogens is 489 g/mol. The van der Waals surface area contributed by atoms with E-state index >= 15 is 0 Å². The predicted molar refractivity (Wildman–Crippen MR) is 129 cm³/mol. The molecule has 0 spiro atoms. The van der Waals surface area contributed by atoms with Crippen molar-refractivity contribution in [2.24, 2.45) is 0 Å². The highest BCUT2D eigenvalue weighted by molar-refractivity contribution is 5.86. The van der Waals surface area contributed by atoms with Gasteiger partial charge in [-0.3, -0.25) is 9.69 Å². The number of hydrogen-bond acceptors (Lipinski definition) is 7. The Morgan fingerprint density at radius 2 is 1.95 bits per heavy atom. The lowest BCUT2D eigenvalue weighted by Crippen LogP contribution is -2.51. The summed E-state index contributed by atoms with van der Waals surface area (Å²) in [4.78, 5) is 29.8. The average Bonchev–Trinajstić information content (AvgIpc) is 3.55. The molecule has 2 atom stereocenters. The Balaban J connectivity index is 1.47. The summed E-state index contributed by atoms with van der Waals surface area (Å²) in [5, 5.41) is 10.8. The summed E-state index contributed by atoms with van der Waals surface area (Å²) < 4.78 is 45.6. The number of esters is 1. The van der Waals surface area contributed by atoms with Crippen LogP contribution in [0.5, 0.6) is 0 Å². The van der Waals surface area contributed by atoms with E-state index in [0.29, 0.717) is 18.5 Å². The van der Waals surface area contributed by atoms with E-state index in [-0.39, 0.29) is 30.2 Å². The van der Waals surface area contributed by atoms with Crippen molar-refractivity contribution in [1.82, 2.24) is 30.1 Å². The van der Waals surface area contributed by atoms with Gasteiger partial charge >= 0.3 is 12.1 Å². The summed E-state index contributed by atoms with van der Waals surface area (Å²) in [6.45, 7) is 5.67. The van der Waals surface area contributed by atoms with Crippen LogP contribution in [0, 0.1) is 0 Å². The van der Waals surface area contributed by atoms with Crippen LogP contribution in [0.3, 0.4) is 0 Å². The molecule has 3 heterocycles. The highest BCUT2D eigenvalue weighted by atomic mass is 19.4. The summed E-state index contributed by atoms with van der Waals surface area (Å²) in [6.07, 6.45) is 0.480. The number of carbonyl (C=O) groups is 2. The van der Waals surface area contributed by atoms with Crippen molar-refractivity contribution in [3.63, 3.8) is 0 Å².